The second kappa shape index (κ2) is 9.89. The lowest BCUT2D eigenvalue weighted by Crippen LogP contribution is -2.63. The Morgan fingerprint density at radius 1 is 1.14 bits per heavy atom. The van der Waals surface area contributed by atoms with Crippen molar-refractivity contribution in [1.29, 1.82) is 0 Å². The summed E-state index contributed by atoms with van der Waals surface area (Å²) in [5, 5.41) is 22.0. The second-order valence-electron chi connectivity index (χ2n) is 13.1. The number of nitrogen functional groups attached to an aromatic ring is 1. The lowest BCUT2D eigenvalue weighted by atomic mass is 9.46. The molecule has 0 radical (unpaired) electrons. The first-order valence-electron chi connectivity index (χ1n) is 14.8. The Balaban J connectivity index is 1.18. The van der Waals surface area contributed by atoms with Crippen molar-refractivity contribution in [3.63, 3.8) is 0 Å². The van der Waals surface area contributed by atoms with Gasteiger partial charge in [0.15, 0.2) is 23.5 Å². The summed E-state index contributed by atoms with van der Waals surface area (Å²) >= 11 is 1.61. The van der Waals surface area contributed by atoms with Crippen molar-refractivity contribution in [2.24, 2.45) is 28.6 Å². The van der Waals surface area contributed by atoms with Crippen LogP contribution in [0, 0.1) is 28.6 Å². The van der Waals surface area contributed by atoms with Gasteiger partial charge in [-0.3, -0.25) is 9.59 Å². The summed E-state index contributed by atoms with van der Waals surface area (Å²) in [5.41, 5.74) is 6.05. The fourth-order valence-electron chi connectivity index (χ4n) is 9.24. The minimum atomic E-state index is -1.35. The van der Waals surface area contributed by atoms with Crippen LogP contribution in [0.4, 0.5) is 5.69 Å². The van der Waals surface area contributed by atoms with Gasteiger partial charge in [0.1, 0.15) is 6.61 Å². The highest BCUT2D eigenvalue weighted by Crippen LogP contribution is 2.70. The zero-order valence-electron chi connectivity index (χ0n) is 23.9. The quantitative estimate of drug-likeness (QED) is 0.417. The zero-order chi connectivity index (χ0) is 29.4. The van der Waals surface area contributed by atoms with Crippen LogP contribution in [0.3, 0.4) is 0 Å². The topological polar surface area (TPSA) is 119 Å². The molecule has 7 nitrogen and oxygen atoms in total. The van der Waals surface area contributed by atoms with Crippen LogP contribution in [-0.2, 0) is 19.1 Å². The molecule has 4 aliphatic carbocycles. The molecule has 42 heavy (non-hydrogen) atoms. The number of aliphatic hydroxyl groups is 2. The molecule has 220 valence electrons. The Morgan fingerprint density at radius 3 is 2.67 bits per heavy atom. The smallest absolute Gasteiger partial charge is 0.193 e. The number of ketones is 2. The molecule has 8 heteroatoms. The summed E-state index contributed by atoms with van der Waals surface area (Å²) in [4.78, 5) is 28.0. The summed E-state index contributed by atoms with van der Waals surface area (Å²) in [7, 11) is 0. The van der Waals surface area contributed by atoms with Crippen molar-refractivity contribution < 1.29 is 29.3 Å². The molecule has 2 aromatic rings. The molecule has 0 bridgehead atoms. The van der Waals surface area contributed by atoms with Gasteiger partial charge in [-0.25, -0.2) is 0 Å². The maximum atomic E-state index is 13.7. The molecule has 7 rings (SSSR count). The molecule has 4 fully saturated rings. The van der Waals surface area contributed by atoms with Crippen LogP contribution in [0.15, 0.2) is 82.1 Å². The van der Waals surface area contributed by atoms with Crippen LogP contribution in [0.25, 0.3) is 0 Å². The number of carbonyl (C=O) groups is 2. The highest BCUT2D eigenvalue weighted by Gasteiger charge is 2.75. The molecule has 0 spiro atoms. The van der Waals surface area contributed by atoms with E-state index in [4.69, 9.17) is 15.2 Å². The van der Waals surface area contributed by atoms with E-state index in [0.29, 0.717) is 18.5 Å². The molecule has 0 amide bonds. The van der Waals surface area contributed by atoms with E-state index in [-0.39, 0.29) is 29.3 Å². The molecule has 3 saturated carbocycles. The Labute approximate surface area is 250 Å². The van der Waals surface area contributed by atoms with Crippen molar-refractivity contribution in [3.8, 4) is 0 Å². The van der Waals surface area contributed by atoms with Crippen molar-refractivity contribution in [2.45, 2.75) is 73.4 Å². The third-order valence-corrected chi connectivity index (χ3v) is 12.0. The molecule has 2 aromatic carbocycles. The number of ether oxygens (including phenoxy) is 2. The third-order valence-electron chi connectivity index (χ3n) is 11.0. The van der Waals surface area contributed by atoms with E-state index in [9.17, 15) is 19.8 Å². The average molecular weight is 588 g/mol. The maximum absolute atomic E-state index is 13.7. The first-order chi connectivity index (χ1) is 20.1. The van der Waals surface area contributed by atoms with Gasteiger partial charge in [0.05, 0.1) is 12.2 Å². The fraction of sp³-hybridized carbons (Fsp3) is 0.471. The van der Waals surface area contributed by atoms with Crippen LogP contribution >= 0.6 is 11.8 Å². The van der Waals surface area contributed by atoms with E-state index < -0.39 is 41.5 Å². The summed E-state index contributed by atoms with van der Waals surface area (Å²) in [5.74, 6) is -0.259. The number of nitrogens with two attached hydrogens (primary N) is 1. The molecule has 1 heterocycles. The van der Waals surface area contributed by atoms with E-state index in [1.165, 1.54) is 0 Å². The van der Waals surface area contributed by atoms with Gasteiger partial charge in [0.25, 0.3) is 0 Å². The number of hydrogen-bond acceptors (Lipinski definition) is 8. The number of fused-ring (bicyclic) bond motifs is 7. The summed E-state index contributed by atoms with van der Waals surface area (Å²) in [6.45, 7) is 3.53. The van der Waals surface area contributed by atoms with Crippen LogP contribution in [0.1, 0.15) is 51.4 Å². The van der Waals surface area contributed by atoms with E-state index in [0.717, 1.165) is 33.8 Å². The second-order valence-corrected chi connectivity index (χ2v) is 14.2. The number of rotatable bonds is 5. The van der Waals surface area contributed by atoms with Gasteiger partial charge in [-0.05, 0) is 80.0 Å². The van der Waals surface area contributed by atoms with Crippen molar-refractivity contribution in [1.82, 2.24) is 0 Å². The number of aliphatic hydroxyl groups excluding tert-OH is 2. The lowest BCUT2D eigenvalue weighted by molar-refractivity contribution is -0.201. The monoisotopic (exact) mass is 587 g/mol. The minimum absolute atomic E-state index is 0.00295. The third kappa shape index (κ3) is 3.95. The van der Waals surface area contributed by atoms with Crippen molar-refractivity contribution in [3.05, 3.63) is 77.9 Å². The first-order valence-corrected chi connectivity index (χ1v) is 15.6. The number of anilines is 1. The highest BCUT2D eigenvalue weighted by atomic mass is 32.2. The van der Waals surface area contributed by atoms with E-state index in [1.807, 2.05) is 54.6 Å². The molecule has 1 aliphatic heterocycles. The lowest BCUT2D eigenvalue weighted by Gasteiger charge is -2.59. The Bertz CT molecular complexity index is 1500. The van der Waals surface area contributed by atoms with Gasteiger partial charge in [0, 0.05) is 37.8 Å². The molecule has 9 atom stereocenters. The van der Waals surface area contributed by atoms with Crippen LogP contribution in [-0.4, -0.2) is 46.2 Å². The molecule has 1 saturated heterocycles. The molecule has 5 aliphatic rings. The van der Waals surface area contributed by atoms with Crippen LogP contribution in [0.2, 0.25) is 0 Å². The number of allylic oxidation sites excluding steroid dienone is 4. The predicted molar refractivity (Wildman–Crippen MR) is 158 cm³/mol. The SMILES string of the molecule is C[C@]12C=CC(=O)C=C1CC[C@@H]1[C@@H]2[C@@H](O)C[C@@]2(C)[C@H]1C[C@H]1O[C@@H](c3ccc(Sc4cccc(N)c4)cc3)O[C@]12C(=O)CO. The highest BCUT2D eigenvalue weighted by molar-refractivity contribution is 7.99. The number of benzene rings is 2. The Kier molecular flexibility index (Phi) is 6.61. The minimum Gasteiger partial charge on any atom is -0.399 e. The number of Topliss-reactive ketones (excluding diaryl/α,β-unsaturated/α-hetero) is 1. The summed E-state index contributed by atoms with van der Waals surface area (Å²) < 4.78 is 13.3. The van der Waals surface area contributed by atoms with Gasteiger partial charge >= 0.3 is 0 Å². The number of hydrogen-bond donors (Lipinski definition) is 3. The van der Waals surface area contributed by atoms with Crippen LogP contribution in [0.5, 0.6) is 0 Å². The van der Waals surface area contributed by atoms with Gasteiger partial charge in [-0.2, -0.15) is 0 Å². The molecule has 0 unspecified atom stereocenters. The van der Waals surface area contributed by atoms with Gasteiger partial charge in [0.2, 0.25) is 0 Å². The zero-order valence-corrected chi connectivity index (χ0v) is 24.7. The van der Waals surface area contributed by atoms with Crippen LogP contribution < -0.4 is 5.73 Å². The summed E-state index contributed by atoms with van der Waals surface area (Å²) in [6, 6.07) is 15.6. The Morgan fingerprint density at radius 2 is 1.93 bits per heavy atom. The molecular formula is C34H37NO6S. The standard InChI is InChI=1S/C34H37NO6S/c1-32-13-12-22(37)14-20(32)8-11-25-26-16-29-34(28(39)18-36,33(26,2)17-27(38)30(25)32)41-31(40-29)19-6-9-23(10-7-19)42-24-5-3-4-21(35)15-24/h3-7,9-10,12-15,25-27,29-31,36,38H,8,11,16-18,35H2,1-2H3/t25-,26-,27-,29+,30+,31+,32-,33-,34+/m0/s1. The van der Waals surface area contributed by atoms with Crippen molar-refractivity contribution >= 4 is 29.0 Å². The average Bonchev–Trinajstić information content (AvgIpc) is 3.46. The molecule has 0 aromatic heterocycles. The van der Waals surface area contributed by atoms with Gasteiger partial charge in [-0.1, -0.05) is 55.5 Å². The predicted octanol–water partition coefficient (Wildman–Crippen LogP) is 5.02. The summed E-state index contributed by atoms with van der Waals surface area (Å²) in [6.07, 6.45) is 5.96. The van der Waals surface area contributed by atoms with Gasteiger partial charge < -0.3 is 25.4 Å². The van der Waals surface area contributed by atoms with E-state index in [1.54, 1.807) is 23.9 Å². The molecule has 4 N–H and O–H groups in total. The van der Waals surface area contributed by atoms with E-state index >= 15 is 0 Å². The molecular weight excluding hydrogens is 550 g/mol. The Hall–Kier alpha value is -2.75. The first kappa shape index (κ1) is 28.0. The maximum Gasteiger partial charge on any atom is 0.193 e. The van der Waals surface area contributed by atoms with Gasteiger partial charge in [-0.15, -0.1) is 0 Å². The van der Waals surface area contributed by atoms with E-state index in [2.05, 4.69) is 13.8 Å². The van der Waals surface area contributed by atoms with Crippen molar-refractivity contribution in [2.75, 3.05) is 12.3 Å². The largest absolute Gasteiger partial charge is 0.399 e. The fourth-order valence-corrected chi connectivity index (χ4v) is 10.1. The normalized spacial score (nSPS) is 40.1. The number of carbonyl (C=O) groups excluding carboxylic acids is 2.